The Labute approximate surface area is 107 Å². The highest BCUT2D eigenvalue weighted by molar-refractivity contribution is 6.35. The van der Waals surface area contributed by atoms with Crippen LogP contribution >= 0.6 is 23.2 Å². The summed E-state index contributed by atoms with van der Waals surface area (Å²) >= 11 is 12.2. The Morgan fingerprint density at radius 2 is 2.06 bits per heavy atom. The fourth-order valence-corrected chi connectivity index (χ4v) is 1.90. The Bertz CT molecular complexity index is 374. The lowest BCUT2D eigenvalue weighted by Gasteiger charge is -2.16. The minimum atomic E-state index is 0.356. The number of aryl methyl sites for hydroxylation is 1. The van der Waals surface area contributed by atoms with Gasteiger partial charge in [0, 0.05) is 11.1 Å². The van der Waals surface area contributed by atoms with Gasteiger partial charge in [0.25, 0.3) is 0 Å². The molecule has 0 aliphatic heterocycles. The van der Waals surface area contributed by atoms with Crippen LogP contribution in [0, 0.1) is 6.92 Å². The molecule has 0 heterocycles. The van der Waals surface area contributed by atoms with Gasteiger partial charge in [0.15, 0.2) is 0 Å². The molecule has 1 aromatic carbocycles. The smallest absolute Gasteiger partial charge is 0.0641 e. The van der Waals surface area contributed by atoms with E-state index >= 15 is 0 Å². The lowest BCUT2D eigenvalue weighted by molar-refractivity contribution is 0.719. The van der Waals surface area contributed by atoms with Crippen molar-refractivity contribution in [3.05, 3.63) is 40.4 Å². The van der Waals surface area contributed by atoms with Gasteiger partial charge in [0.05, 0.1) is 10.7 Å². The van der Waals surface area contributed by atoms with Crippen LogP contribution in [0.5, 0.6) is 0 Å². The van der Waals surface area contributed by atoms with Gasteiger partial charge in [-0.2, -0.15) is 0 Å². The molecule has 1 aromatic rings. The van der Waals surface area contributed by atoms with Crippen LogP contribution in [-0.2, 0) is 0 Å². The molecule has 1 rings (SSSR count). The Balaban J connectivity index is 2.73. The monoisotopic (exact) mass is 257 g/mol. The molecule has 0 fully saturated rings. The molecule has 1 unspecified atom stereocenters. The van der Waals surface area contributed by atoms with Crippen LogP contribution in [0.3, 0.4) is 0 Å². The molecule has 0 radical (unpaired) electrons. The first-order valence-corrected chi connectivity index (χ1v) is 6.13. The van der Waals surface area contributed by atoms with Gasteiger partial charge in [-0.1, -0.05) is 29.3 Å². The normalized spacial score (nSPS) is 12.2. The summed E-state index contributed by atoms with van der Waals surface area (Å²) < 4.78 is 0. The quantitative estimate of drug-likeness (QED) is 0.727. The third-order valence-electron chi connectivity index (χ3n) is 2.45. The second-order valence-electron chi connectivity index (χ2n) is 3.99. The summed E-state index contributed by atoms with van der Waals surface area (Å²) in [7, 11) is 0. The molecule has 0 amide bonds. The standard InChI is InChI=1S/C13H17Cl2N/c1-4-5-6-10(3)16-13-8-11(14)9(2)7-12(13)15/h4,7-8,10,16H,1,5-6H2,2-3H3. The maximum Gasteiger partial charge on any atom is 0.0641 e. The van der Waals surface area contributed by atoms with Crippen LogP contribution in [0.1, 0.15) is 25.3 Å². The minimum absolute atomic E-state index is 0.356. The van der Waals surface area contributed by atoms with Gasteiger partial charge in [-0.25, -0.2) is 0 Å². The molecule has 0 aliphatic rings. The van der Waals surface area contributed by atoms with Crippen LogP contribution < -0.4 is 5.32 Å². The highest BCUT2D eigenvalue weighted by Crippen LogP contribution is 2.29. The first-order chi connectivity index (χ1) is 7.54. The van der Waals surface area contributed by atoms with Gasteiger partial charge in [0.1, 0.15) is 0 Å². The van der Waals surface area contributed by atoms with E-state index in [-0.39, 0.29) is 0 Å². The van der Waals surface area contributed by atoms with E-state index in [0.717, 1.165) is 29.1 Å². The minimum Gasteiger partial charge on any atom is -0.381 e. The number of anilines is 1. The van der Waals surface area contributed by atoms with Gasteiger partial charge in [-0.3, -0.25) is 0 Å². The van der Waals surface area contributed by atoms with E-state index < -0.39 is 0 Å². The summed E-state index contributed by atoms with van der Waals surface area (Å²) in [6.45, 7) is 7.77. The number of hydrogen-bond donors (Lipinski definition) is 1. The predicted molar refractivity (Wildman–Crippen MR) is 73.7 cm³/mol. The van der Waals surface area contributed by atoms with Gasteiger partial charge >= 0.3 is 0 Å². The molecule has 3 heteroatoms. The zero-order chi connectivity index (χ0) is 12.1. The van der Waals surface area contributed by atoms with Crippen molar-refractivity contribution in [1.29, 1.82) is 0 Å². The van der Waals surface area contributed by atoms with Crippen molar-refractivity contribution in [2.45, 2.75) is 32.7 Å². The Morgan fingerprint density at radius 1 is 1.38 bits per heavy atom. The number of allylic oxidation sites excluding steroid dienone is 1. The Kier molecular flexibility index (Phi) is 5.17. The van der Waals surface area contributed by atoms with Crippen LogP contribution in [0.25, 0.3) is 0 Å². The number of benzene rings is 1. The molecule has 0 aromatic heterocycles. The SMILES string of the molecule is C=CCCC(C)Nc1cc(Cl)c(C)cc1Cl. The summed E-state index contributed by atoms with van der Waals surface area (Å²) in [4.78, 5) is 0. The fraction of sp³-hybridized carbons (Fsp3) is 0.385. The van der Waals surface area contributed by atoms with Crippen LogP contribution in [0.4, 0.5) is 5.69 Å². The number of nitrogens with one attached hydrogen (secondary N) is 1. The summed E-state index contributed by atoms with van der Waals surface area (Å²) in [5.74, 6) is 0. The van der Waals surface area contributed by atoms with Gasteiger partial charge < -0.3 is 5.32 Å². The average molecular weight is 258 g/mol. The molecule has 88 valence electrons. The molecule has 16 heavy (non-hydrogen) atoms. The molecular weight excluding hydrogens is 241 g/mol. The zero-order valence-electron chi connectivity index (χ0n) is 9.69. The number of rotatable bonds is 5. The average Bonchev–Trinajstić information content (AvgIpc) is 2.23. The zero-order valence-corrected chi connectivity index (χ0v) is 11.2. The molecule has 1 atom stereocenters. The fourth-order valence-electron chi connectivity index (χ4n) is 1.46. The largest absolute Gasteiger partial charge is 0.381 e. The van der Waals surface area contributed by atoms with Gasteiger partial charge in [0.2, 0.25) is 0 Å². The van der Waals surface area contributed by atoms with E-state index in [9.17, 15) is 0 Å². The highest BCUT2D eigenvalue weighted by Gasteiger charge is 2.07. The second kappa shape index (κ2) is 6.17. The summed E-state index contributed by atoms with van der Waals surface area (Å²) in [5.41, 5.74) is 1.89. The van der Waals surface area contributed by atoms with E-state index in [0.29, 0.717) is 11.1 Å². The van der Waals surface area contributed by atoms with Crippen molar-refractivity contribution in [2.24, 2.45) is 0 Å². The Hall–Kier alpha value is -0.660. The van der Waals surface area contributed by atoms with Crippen molar-refractivity contribution < 1.29 is 0 Å². The summed E-state index contributed by atoms with van der Waals surface area (Å²) in [5, 5.41) is 4.80. The van der Waals surface area contributed by atoms with Crippen molar-refractivity contribution >= 4 is 28.9 Å². The van der Waals surface area contributed by atoms with Gasteiger partial charge in [-0.15, -0.1) is 6.58 Å². The van der Waals surface area contributed by atoms with Crippen molar-refractivity contribution in [3.63, 3.8) is 0 Å². The lowest BCUT2D eigenvalue weighted by atomic mass is 10.1. The van der Waals surface area contributed by atoms with E-state index in [4.69, 9.17) is 23.2 Å². The lowest BCUT2D eigenvalue weighted by Crippen LogP contribution is -2.14. The van der Waals surface area contributed by atoms with Crippen LogP contribution in [0.15, 0.2) is 24.8 Å². The summed E-state index contributed by atoms with van der Waals surface area (Å²) in [6, 6.07) is 4.12. The predicted octanol–water partition coefficient (Wildman–Crippen LogP) is 5.07. The van der Waals surface area contributed by atoms with E-state index in [2.05, 4.69) is 18.8 Å². The molecule has 1 N–H and O–H groups in total. The van der Waals surface area contributed by atoms with Gasteiger partial charge in [-0.05, 0) is 44.4 Å². The van der Waals surface area contributed by atoms with E-state index in [1.165, 1.54) is 0 Å². The van der Waals surface area contributed by atoms with E-state index in [1.807, 2.05) is 25.1 Å². The van der Waals surface area contributed by atoms with Crippen LogP contribution in [-0.4, -0.2) is 6.04 Å². The molecule has 0 saturated heterocycles. The molecule has 0 aliphatic carbocycles. The highest BCUT2D eigenvalue weighted by atomic mass is 35.5. The molecule has 1 nitrogen and oxygen atoms in total. The van der Waals surface area contributed by atoms with E-state index in [1.54, 1.807) is 0 Å². The molecular formula is C13H17Cl2N. The van der Waals surface area contributed by atoms with Crippen molar-refractivity contribution in [3.8, 4) is 0 Å². The van der Waals surface area contributed by atoms with Crippen molar-refractivity contribution in [1.82, 2.24) is 0 Å². The van der Waals surface area contributed by atoms with Crippen molar-refractivity contribution in [2.75, 3.05) is 5.32 Å². The Morgan fingerprint density at radius 3 is 2.69 bits per heavy atom. The third-order valence-corrected chi connectivity index (χ3v) is 3.17. The number of halogens is 2. The maximum atomic E-state index is 6.14. The first kappa shape index (κ1) is 13.4. The topological polar surface area (TPSA) is 12.0 Å². The first-order valence-electron chi connectivity index (χ1n) is 5.37. The summed E-state index contributed by atoms with van der Waals surface area (Å²) in [6.07, 6.45) is 3.94. The molecule has 0 bridgehead atoms. The second-order valence-corrected chi connectivity index (χ2v) is 4.81. The third kappa shape index (κ3) is 3.73. The molecule has 0 spiro atoms. The number of hydrogen-bond acceptors (Lipinski definition) is 1. The molecule has 0 saturated carbocycles. The maximum absolute atomic E-state index is 6.14. The van der Waals surface area contributed by atoms with Crippen LogP contribution in [0.2, 0.25) is 10.0 Å².